The van der Waals surface area contributed by atoms with Gasteiger partial charge in [-0.1, -0.05) is 11.6 Å². The first-order valence-electron chi connectivity index (χ1n) is 5.29. The van der Waals surface area contributed by atoms with Crippen molar-refractivity contribution < 1.29 is 4.42 Å². The molecule has 2 N–H and O–H groups in total. The third kappa shape index (κ3) is 1.64. The number of oxazole rings is 1. The first kappa shape index (κ1) is 9.93. The summed E-state index contributed by atoms with van der Waals surface area (Å²) in [5.74, 6) is 0. The summed E-state index contributed by atoms with van der Waals surface area (Å²) >= 11 is 5.89. The molecule has 0 bridgehead atoms. The number of halogens is 1. The molecule has 0 aliphatic carbocycles. The lowest BCUT2D eigenvalue weighted by atomic mass is 10.3. The van der Waals surface area contributed by atoms with Crippen LogP contribution in [0.5, 0.6) is 0 Å². The minimum Gasteiger partial charge on any atom is -0.423 e. The van der Waals surface area contributed by atoms with Crippen LogP contribution in [0.1, 0.15) is 6.42 Å². The van der Waals surface area contributed by atoms with Crippen LogP contribution in [0.4, 0.5) is 6.01 Å². The maximum Gasteiger partial charge on any atom is 0.298 e. The predicted molar refractivity (Wildman–Crippen MR) is 63.8 cm³/mol. The maximum absolute atomic E-state index is 5.89. The van der Waals surface area contributed by atoms with Gasteiger partial charge in [-0.3, -0.25) is 0 Å². The van der Waals surface area contributed by atoms with E-state index in [0.717, 1.165) is 30.6 Å². The van der Waals surface area contributed by atoms with Gasteiger partial charge in [-0.2, -0.15) is 4.98 Å². The Balaban J connectivity index is 1.99. The van der Waals surface area contributed by atoms with Gasteiger partial charge in [0.05, 0.1) is 0 Å². The number of anilines is 1. The van der Waals surface area contributed by atoms with E-state index in [-0.39, 0.29) is 6.04 Å². The second kappa shape index (κ2) is 3.64. The van der Waals surface area contributed by atoms with Crippen molar-refractivity contribution in [1.29, 1.82) is 0 Å². The molecule has 4 nitrogen and oxygen atoms in total. The molecule has 0 saturated carbocycles. The number of hydrogen-bond acceptors (Lipinski definition) is 4. The first-order chi connectivity index (χ1) is 7.72. The number of benzene rings is 1. The van der Waals surface area contributed by atoms with E-state index in [1.54, 1.807) is 6.07 Å². The van der Waals surface area contributed by atoms with Gasteiger partial charge < -0.3 is 15.1 Å². The Bertz CT molecular complexity index is 525. The van der Waals surface area contributed by atoms with Crippen LogP contribution in [0.2, 0.25) is 5.02 Å². The predicted octanol–water partition coefficient (Wildman–Crippen LogP) is 2.02. The quantitative estimate of drug-likeness (QED) is 0.825. The lowest BCUT2D eigenvalue weighted by Gasteiger charge is -2.11. The Morgan fingerprint density at radius 1 is 1.50 bits per heavy atom. The number of nitrogens with zero attached hydrogens (tertiary/aromatic N) is 2. The summed E-state index contributed by atoms with van der Waals surface area (Å²) < 4.78 is 5.66. The van der Waals surface area contributed by atoms with Crippen LogP contribution < -0.4 is 10.6 Å². The van der Waals surface area contributed by atoms with Gasteiger partial charge in [-0.05, 0) is 18.6 Å². The highest BCUT2D eigenvalue weighted by atomic mass is 35.5. The molecule has 1 unspecified atom stereocenters. The lowest BCUT2D eigenvalue weighted by Crippen LogP contribution is -2.26. The Morgan fingerprint density at radius 3 is 3.12 bits per heavy atom. The Morgan fingerprint density at radius 2 is 2.38 bits per heavy atom. The van der Waals surface area contributed by atoms with Crippen molar-refractivity contribution in [3.05, 3.63) is 23.2 Å². The van der Waals surface area contributed by atoms with Crippen molar-refractivity contribution in [2.24, 2.45) is 5.73 Å². The van der Waals surface area contributed by atoms with Crippen LogP contribution in [0.25, 0.3) is 11.1 Å². The van der Waals surface area contributed by atoms with Gasteiger partial charge >= 0.3 is 0 Å². The zero-order valence-corrected chi connectivity index (χ0v) is 9.44. The Hall–Kier alpha value is -1.26. The van der Waals surface area contributed by atoms with E-state index < -0.39 is 0 Å². The van der Waals surface area contributed by atoms with Crippen LogP contribution in [0, 0.1) is 0 Å². The lowest BCUT2D eigenvalue weighted by molar-refractivity contribution is 0.583. The van der Waals surface area contributed by atoms with Crippen LogP contribution in [0.15, 0.2) is 22.6 Å². The van der Waals surface area contributed by atoms with Crippen molar-refractivity contribution >= 4 is 28.7 Å². The monoisotopic (exact) mass is 237 g/mol. The van der Waals surface area contributed by atoms with Gasteiger partial charge in [-0.25, -0.2) is 0 Å². The summed E-state index contributed by atoms with van der Waals surface area (Å²) in [5, 5.41) is 0.660. The van der Waals surface area contributed by atoms with Crippen molar-refractivity contribution in [2.45, 2.75) is 12.5 Å². The fourth-order valence-corrected chi connectivity index (χ4v) is 2.14. The molecule has 0 radical (unpaired) electrons. The van der Waals surface area contributed by atoms with Gasteiger partial charge in [0.1, 0.15) is 5.52 Å². The number of nitrogens with two attached hydrogens (primary N) is 1. The van der Waals surface area contributed by atoms with E-state index in [9.17, 15) is 0 Å². The normalized spacial score (nSPS) is 20.9. The molecule has 1 aliphatic heterocycles. The molecule has 1 aromatic heterocycles. The summed E-state index contributed by atoms with van der Waals surface area (Å²) in [7, 11) is 0. The fourth-order valence-electron chi connectivity index (χ4n) is 1.98. The van der Waals surface area contributed by atoms with Gasteiger partial charge in [-0.15, -0.1) is 0 Å². The molecular weight excluding hydrogens is 226 g/mol. The average Bonchev–Trinajstić information content (AvgIpc) is 2.83. The van der Waals surface area contributed by atoms with Crippen LogP contribution in [-0.4, -0.2) is 24.1 Å². The fraction of sp³-hybridized carbons (Fsp3) is 0.364. The van der Waals surface area contributed by atoms with Gasteiger partial charge in [0.15, 0.2) is 5.58 Å². The number of hydrogen-bond donors (Lipinski definition) is 1. The second-order valence-corrected chi connectivity index (χ2v) is 4.54. The molecule has 1 aromatic carbocycles. The highest BCUT2D eigenvalue weighted by Crippen LogP contribution is 2.26. The molecule has 1 saturated heterocycles. The zero-order chi connectivity index (χ0) is 11.1. The largest absolute Gasteiger partial charge is 0.423 e. The summed E-state index contributed by atoms with van der Waals surface area (Å²) in [6.45, 7) is 1.71. The summed E-state index contributed by atoms with van der Waals surface area (Å²) in [6, 6.07) is 6.32. The third-order valence-corrected chi connectivity index (χ3v) is 3.07. The third-order valence-electron chi connectivity index (χ3n) is 2.83. The molecule has 5 heteroatoms. The molecule has 2 heterocycles. The molecular formula is C11H12ClN3O. The summed E-state index contributed by atoms with van der Waals surface area (Å²) in [5.41, 5.74) is 7.41. The Kier molecular flexibility index (Phi) is 2.26. The van der Waals surface area contributed by atoms with Gasteiger partial charge in [0.2, 0.25) is 0 Å². The minimum absolute atomic E-state index is 0.221. The Labute approximate surface area is 98.0 Å². The molecule has 1 fully saturated rings. The maximum atomic E-state index is 5.89. The molecule has 3 rings (SSSR count). The topological polar surface area (TPSA) is 55.3 Å². The van der Waals surface area contributed by atoms with Crippen molar-refractivity contribution in [3.8, 4) is 0 Å². The van der Waals surface area contributed by atoms with Crippen LogP contribution in [-0.2, 0) is 0 Å². The van der Waals surface area contributed by atoms with Gasteiger partial charge in [0.25, 0.3) is 6.01 Å². The number of fused-ring (bicyclic) bond motifs is 1. The van der Waals surface area contributed by atoms with Gasteiger partial charge in [0, 0.05) is 30.2 Å². The standard InChI is InChI=1S/C11H12ClN3O/c12-7-1-2-9-10(5-7)16-11(14-9)15-4-3-8(13)6-15/h1-2,5,8H,3-4,6,13H2. The van der Waals surface area contributed by atoms with E-state index in [1.165, 1.54) is 0 Å². The van der Waals surface area contributed by atoms with Crippen LogP contribution in [0.3, 0.4) is 0 Å². The first-order valence-corrected chi connectivity index (χ1v) is 5.67. The van der Waals surface area contributed by atoms with Crippen molar-refractivity contribution in [3.63, 3.8) is 0 Å². The van der Waals surface area contributed by atoms with E-state index >= 15 is 0 Å². The molecule has 0 spiro atoms. The molecule has 84 valence electrons. The van der Waals surface area contributed by atoms with E-state index in [4.69, 9.17) is 21.8 Å². The zero-order valence-electron chi connectivity index (χ0n) is 8.69. The second-order valence-electron chi connectivity index (χ2n) is 4.10. The molecule has 1 atom stereocenters. The average molecular weight is 238 g/mol. The molecule has 0 amide bonds. The number of aromatic nitrogens is 1. The van der Waals surface area contributed by atoms with E-state index in [0.29, 0.717) is 11.0 Å². The van der Waals surface area contributed by atoms with Crippen LogP contribution >= 0.6 is 11.6 Å². The van der Waals surface area contributed by atoms with E-state index in [1.807, 2.05) is 12.1 Å². The summed E-state index contributed by atoms with van der Waals surface area (Å²) in [4.78, 5) is 6.48. The highest BCUT2D eigenvalue weighted by Gasteiger charge is 2.23. The van der Waals surface area contributed by atoms with Crippen molar-refractivity contribution in [1.82, 2.24) is 4.98 Å². The molecule has 16 heavy (non-hydrogen) atoms. The molecule has 1 aliphatic rings. The smallest absolute Gasteiger partial charge is 0.298 e. The number of rotatable bonds is 1. The van der Waals surface area contributed by atoms with Crippen molar-refractivity contribution in [2.75, 3.05) is 18.0 Å². The minimum atomic E-state index is 0.221. The molecule has 2 aromatic rings. The summed E-state index contributed by atoms with van der Waals surface area (Å²) in [6.07, 6.45) is 0.986. The SMILES string of the molecule is NC1CCN(c2nc3ccc(Cl)cc3o2)C1. The van der Waals surface area contributed by atoms with E-state index in [2.05, 4.69) is 9.88 Å². The highest BCUT2D eigenvalue weighted by molar-refractivity contribution is 6.31.